The molecule has 148 valence electrons. The predicted octanol–water partition coefficient (Wildman–Crippen LogP) is 3.22. The van der Waals surface area contributed by atoms with Crippen LogP contribution in [0.5, 0.6) is 0 Å². The molecule has 4 fully saturated rings. The van der Waals surface area contributed by atoms with Crippen molar-refractivity contribution in [1.82, 2.24) is 14.7 Å². The summed E-state index contributed by atoms with van der Waals surface area (Å²) in [4.78, 5) is 20.2. The molecule has 4 nitrogen and oxygen atoms in total. The second kappa shape index (κ2) is 7.43. The van der Waals surface area contributed by atoms with Gasteiger partial charge < -0.3 is 14.7 Å². The highest BCUT2D eigenvalue weighted by atomic mass is 16.2. The van der Waals surface area contributed by atoms with Gasteiger partial charge in [-0.25, -0.2) is 0 Å². The van der Waals surface area contributed by atoms with Crippen LogP contribution in [0.1, 0.15) is 65.2 Å². The van der Waals surface area contributed by atoms with Crippen LogP contribution in [0.4, 0.5) is 0 Å². The lowest BCUT2D eigenvalue weighted by molar-refractivity contribution is -0.147. The number of hydrogen-bond acceptors (Lipinski definition) is 3. The molecule has 2 aliphatic carbocycles. The molecule has 1 amide bonds. The summed E-state index contributed by atoms with van der Waals surface area (Å²) >= 11 is 0. The minimum absolute atomic E-state index is 0.338. The molecule has 2 saturated heterocycles. The van der Waals surface area contributed by atoms with Crippen molar-refractivity contribution in [3.63, 3.8) is 0 Å². The Hall–Kier alpha value is -0.610. The van der Waals surface area contributed by atoms with Crippen LogP contribution in [0.2, 0.25) is 0 Å². The number of rotatable bonds is 6. The third-order valence-corrected chi connectivity index (χ3v) is 8.05. The number of carbonyl (C=O) groups excluding carboxylic acids is 1. The summed E-state index contributed by atoms with van der Waals surface area (Å²) in [5.41, 5.74) is 1.21. The number of carbonyl (C=O) groups is 1. The average molecular weight is 362 g/mol. The maximum atomic E-state index is 12.8. The third kappa shape index (κ3) is 3.82. The molecule has 2 heterocycles. The van der Waals surface area contributed by atoms with E-state index in [-0.39, 0.29) is 0 Å². The zero-order valence-corrected chi connectivity index (χ0v) is 17.1. The summed E-state index contributed by atoms with van der Waals surface area (Å²) in [5.74, 6) is 0.804. The summed E-state index contributed by atoms with van der Waals surface area (Å²) in [7, 11) is 0. The van der Waals surface area contributed by atoms with Gasteiger partial charge in [0.25, 0.3) is 0 Å². The van der Waals surface area contributed by atoms with Crippen molar-refractivity contribution in [2.45, 2.75) is 65.2 Å². The smallest absolute Gasteiger partial charge is 0.225 e. The van der Waals surface area contributed by atoms with Crippen molar-refractivity contribution < 1.29 is 4.79 Å². The monoisotopic (exact) mass is 361 g/mol. The van der Waals surface area contributed by atoms with Gasteiger partial charge in [-0.1, -0.05) is 20.3 Å². The normalized spacial score (nSPS) is 28.9. The van der Waals surface area contributed by atoms with Gasteiger partial charge in [0, 0.05) is 38.6 Å². The highest BCUT2D eigenvalue weighted by Gasteiger charge is 2.50. The quantitative estimate of drug-likeness (QED) is 0.727. The van der Waals surface area contributed by atoms with Gasteiger partial charge >= 0.3 is 0 Å². The Kier molecular flexibility index (Phi) is 5.35. The molecule has 0 unspecified atom stereocenters. The molecule has 2 saturated carbocycles. The average Bonchev–Trinajstić information content (AvgIpc) is 3.39. The minimum Gasteiger partial charge on any atom is -0.340 e. The van der Waals surface area contributed by atoms with Crippen LogP contribution in [0, 0.1) is 16.7 Å². The number of nitrogens with zero attached hydrogens (tertiary/aromatic N) is 3. The van der Waals surface area contributed by atoms with Crippen LogP contribution >= 0.6 is 0 Å². The molecular formula is C22H39N3O. The van der Waals surface area contributed by atoms with E-state index in [1.165, 1.54) is 71.0 Å². The van der Waals surface area contributed by atoms with E-state index in [9.17, 15) is 4.79 Å². The fourth-order valence-corrected chi connectivity index (χ4v) is 5.97. The number of likely N-dealkylation sites (N-methyl/N-ethyl adjacent to an activating group) is 1. The topological polar surface area (TPSA) is 26.8 Å². The molecule has 1 spiro atoms. The van der Waals surface area contributed by atoms with Gasteiger partial charge in [0.15, 0.2) is 0 Å². The van der Waals surface area contributed by atoms with E-state index in [1.54, 1.807) is 0 Å². The van der Waals surface area contributed by atoms with Crippen LogP contribution in [0.25, 0.3) is 0 Å². The van der Waals surface area contributed by atoms with Crippen LogP contribution in [-0.2, 0) is 4.79 Å². The van der Waals surface area contributed by atoms with Crippen molar-refractivity contribution in [3.05, 3.63) is 0 Å². The molecule has 26 heavy (non-hydrogen) atoms. The standard InChI is InChI=1S/C22H39N3O/c1-3-5-21(6-7-21)18-24-10-8-22(9-11-24)16-19(17-22)20(26)25-14-12-23(4-2)13-15-25/h19H,3-18H2,1-2H3. The van der Waals surface area contributed by atoms with Crippen molar-refractivity contribution >= 4 is 5.91 Å². The van der Waals surface area contributed by atoms with E-state index in [0.717, 1.165) is 32.7 Å². The van der Waals surface area contributed by atoms with E-state index in [0.29, 0.717) is 22.7 Å². The van der Waals surface area contributed by atoms with Crippen molar-refractivity contribution in [1.29, 1.82) is 0 Å². The van der Waals surface area contributed by atoms with E-state index in [2.05, 4.69) is 28.5 Å². The number of hydrogen-bond donors (Lipinski definition) is 0. The summed E-state index contributed by atoms with van der Waals surface area (Å²) in [6, 6.07) is 0. The lowest BCUT2D eigenvalue weighted by atomic mass is 9.57. The molecule has 0 atom stereocenters. The van der Waals surface area contributed by atoms with Crippen LogP contribution < -0.4 is 0 Å². The second-order valence-corrected chi connectivity index (χ2v) is 9.89. The van der Waals surface area contributed by atoms with Crippen molar-refractivity contribution in [2.24, 2.45) is 16.7 Å². The zero-order chi connectivity index (χ0) is 18.2. The molecule has 4 heteroatoms. The van der Waals surface area contributed by atoms with Gasteiger partial charge in [0.2, 0.25) is 5.91 Å². The fraction of sp³-hybridized carbons (Fsp3) is 0.955. The first-order valence-corrected chi connectivity index (χ1v) is 11.3. The Bertz CT molecular complexity index is 492. The van der Waals surface area contributed by atoms with E-state index in [4.69, 9.17) is 0 Å². The van der Waals surface area contributed by atoms with E-state index < -0.39 is 0 Å². The Balaban J connectivity index is 1.20. The van der Waals surface area contributed by atoms with Gasteiger partial charge in [-0.05, 0) is 75.4 Å². The maximum absolute atomic E-state index is 12.8. The van der Waals surface area contributed by atoms with Gasteiger partial charge in [-0.3, -0.25) is 4.79 Å². The minimum atomic E-state index is 0.338. The predicted molar refractivity (Wildman–Crippen MR) is 106 cm³/mol. The SMILES string of the molecule is CCCC1(CN2CCC3(CC2)CC(C(=O)N2CCN(CC)CC2)C3)CC1. The van der Waals surface area contributed by atoms with E-state index >= 15 is 0 Å². The molecule has 4 aliphatic rings. The Morgan fingerprint density at radius 2 is 1.54 bits per heavy atom. The molecule has 2 aliphatic heterocycles. The lowest BCUT2D eigenvalue weighted by Gasteiger charge is -2.53. The van der Waals surface area contributed by atoms with Crippen molar-refractivity contribution in [2.75, 3.05) is 52.4 Å². The van der Waals surface area contributed by atoms with Crippen molar-refractivity contribution in [3.8, 4) is 0 Å². The summed E-state index contributed by atoms with van der Waals surface area (Å²) in [6.45, 7) is 13.6. The first kappa shape index (κ1) is 18.7. The van der Waals surface area contributed by atoms with Gasteiger partial charge in [-0.2, -0.15) is 0 Å². The van der Waals surface area contributed by atoms with Gasteiger partial charge in [0.05, 0.1) is 0 Å². The molecule has 4 rings (SSSR count). The van der Waals surface area contributed by atoms with Crippen LogP contribution in [0.3, 0.4) is 0 Å². The number of amides is 1. The summed E-state index contributed by atoms with van der Waals surface area (Å²) in [6.07, 6.45) is 10.7. The molecular weight excluding hydrogens is 322 g/mol. The highest BCUT2D eigenvalue weighted by molar-refractivity contribution is 5.80. The molecule has 0 bridgehead atoms. The van der Waals surface area contributed by atoms with Crippen LogP contribution in [0.15, 0.2) is 0 Å². The fourth-order valence-electron chi connectivity index (χ4n) is 5.97. The highest BCUT2D eigenvalue weighted by Crippen LogP contribution is 2.55. The zero-order valence-electron chi connectivity index (χ0n) is 17.1. The second-order valence-electron chi connectivity index (χ2n) is 9.89. The Labute approximate surface area is 160 Å². The van der Waals surface area contributed by atoms with Crippen LogP contribution in [-0.4, -0.2) is 73.0 Å². The number of piperidine rings is 1. The number of piperazine rings is 1. The molecule has 0 aromatic heterocycles. The first-order chi connectivity index (χ1) is 12.6. The Morgan fingerprint density at radius 1 is 0.885 bits per heavy atom. The Morgan fingerprint density at radius 3 is 2.08 bits per heavy atom. The summed E-state index contributed by atoms with van der Waals surface area (Å²) in [5, 5.41) is 0. The lowest BCUT2D eigenvalue weighted by Crippen LogP contribution is -2.55. The van der Waals surface area contributed by atoms with Gasteiger partial charge in [0.1, 0.15) is 0 Å². The van der Waals surface area contributed by atoms with E-state index in [1.807, 2.05) is 0 Å². The van der Waals surface area contributed by atoms with Gasteiger partial charge in [-0.15, -0.1) is 0 Å². The molecule has 0 aromatic carbocycles. The molecule has 0 aromatic rings. The molecule has 0 N–H and O–H groups in total. The first-order valence-electron chi connectivity index (χ1n) is 11.3. The largest absolute Gasteiger partial charge is 0.340 e. The third-order valence-electron chi connectivity index (χ3n) is 8.05. The number of likely N-dealkylation sites (tertiary alicyclic amines) is 1. The molecule has 0 radical (unpaired) electrons. The maximum Gasteiger partial charge on any atom is 0.225 e. The summed E-state index contributed by atoms with van der Waals surface area (Å²) < 4.78 is 0.